The molecule has 0 atom stereocenters. The molecular weight excluding hydrogens is 388 g/mol. The standard InChI is InChI=1S/C25H24N4O2/c1-18-24-21(19-10-4-2-5-11-19)16-22(30)28(17-23(31)27-14-8-9-15-27)25(24)29(26-18)20-12-6-3-7-13-20/h2-7,10-13,16H,8-9,14-15,17H2,1H3. The van der Waals surface area contributed by atoms with Gasteiger partial charge < -0.3 is 4.90 Å². The number of amides is 1. The summed E-state index contributed by atoms with van der Waals surface area (Å²) in [4.78, 5) is 28.1. The van der Waals surface area contributed by atoms with Crippen LogP contribution in [0.15, 0.2) is 71.5 Å². The zero-order valence-electron chi connectivity index (χ0n) is 17.5. The number of carbonyl (C=O) groups is 1. The van der Waals surface area contributed by atoms with E-state index in [1.807, 2.05) is 72.5 Å². The molecule has 1 aliphatic heterocycles. The molecule has 0 radical (unpaired) electrons. The highest BCUT2D eigenvalue weighted by atomic mass is 16.2. The minimum Gasteiger partial charge on any atom is -0.341 e. The van der Waals surface area contributed by atoms with Crippen molar-refractivity contribution in [2.45, 2.75) is 26.3 Å². The topological polar surface area (TPSA) is 60.1 Å². The van der Waals surface area contributed by atoms with E-state index in [4.69, 9.17) is 5.10 Å². The summed E-state index contributed by atoms with van der Waals surface area (Å²) in [5.74, 6) is -0.0215. The highest BCUT2D eigenvalue weighted by Gasteiger charge is 2.23. The van der Waals surface area contributed by atoms with Crippen molar-refractivity contribution in [3.8, 4) is 16.8 Å². The van der Waals surface area contributed by atoms with E-state index in [-0.39, 0.29) is 18.0 Å². The maximum Gasteiger partial charge on any atom is 0.253 e. The summed E-state index contributed by atoms with van der Waals surface area (Å²) in [6.45, 7) is 3.49. The van der Waals surface area contributed by atoms with Crippen molar-refractivity contribution in [1.82, 2.24) is 19.2 Å². The van der Waals surface area contributed by atoms with Crippen LogP contribution in [0.2, 0.25) is 0 Å². The SMILES string of the molecule is Cc1nn(-c2ccccc2)c2c1c(-c1ccccc1)cc(=O)n2CC(=O)N1CCCC1. The van der Waals surface area contributed by atoms with Crippen molar-refractivity contribution in [1.29, 1.82) is 0 Å². The zero-order chi connectivity index (χ0) is 21.4. The number of para-hydroxylation sites is 1. The van der Waals surface area contributed by atoms with Crippen molar-refractivity contribution in [3.05, 3.63) is 82.8 Å². The number of aryl methyl sites for hydroxylation is 1. The number of nitrogens with zero attached hydrogens (tertiary/aromatic N) is 4. The van der Waals surface area contributed by atoms with Crippen LogP contribution >= 0.6 is 0 Å². The molecule has 31 heavy (non-hydrogen) atoms. The number of hydrogen-bond donors (Lipinski definition) is 0. The molecule has 2 aromatic carbocycles. The molecular formula is C25H24N4O2. The van der Waals surface area contributed by atoms with Gasteiger partial charge in [-0.1, -0.05) is 48.5 Å². The van der Waals surface area contributed by atoms with Crippen molar-refractivity contribution >= 4 is 16.9 Å². The summed E-state index contributed by atoms with van der Waals surface area (Å²) in [5.41, 5.74) is 3.93. The molecule has 6 heteroatoms. The number of aromatic nitrogens is 3. The van der Waals surface area contributed by atoms with Gasteiger partial charge in [0, 0.05) is 24.5 Å². The van der Waals surface area contributed by atoms with Crippen LogP contribution in [0.5, 0.6) is 0 Å². The van der Waals surface area contributed by atoms with Crippen LogP contribution in [0.3, 0.4) is 0 Å². The Kier molecular flexibility index (Phi) is 4.90. The maximum atomic E-state index is 13.3. The van der Waals surface area contributed by atoms with E-state index in [0.717, 1.165) is 53.8 Å². The third-order valence-electron chi connectivity index (χ3n) is 5.93. The molecule has 0 bridgehead atoms. The molecule has 4 aromatic rings. The molecule has 0 N–H and O–H groups in total. The quantitative estimate of drug-likeness (QED) is 0.512. The lowest BCUT2D eigenvalue weighted by atomic mass is 10.0. The van der Waals surface area contributed by atoms with E-state index >= 15 is 0 Å². The lowest BCUT2D eigenvalue weighted by Crippen LogP contribution is -2.35. The Morgan fingerprint density at radius 3 is 2.29 bits per heavy atom. The average molecular weight is 412 g/mol. The molecule has 0 aliphatic carbocycles. The fourth-order valence-corrected chi connectivity index (χ4v) is 4.41. The lowest BCUT2D eigenvalue weighted by Gasteiger charge is -2.18. The molecule has 0 unspecified atom stereocenters. The number of rotatable bonds is 4. The van der Waals surface area contributed by atoms with E-state index in [1.165, 1.54) is 0 Å². The molecule has 6 nitrogen and oxygen atoms in total. The molecule has 3 heterocycles. The Balaban J connectivity index is 1.77. The normalized spacial score (nSPS) is 13.8. The van der Waals surface area contributed by atoms with Gasteiger partial charge in [0.1, 0.15) is 12.2 Å². The van der Waals surface area contributed by atoms with Gasteiger partial charge in [0.05, 0.1) is 11.4 Å². The summed E-state index contributed by atoms with van der Waals surface area (Å²) >= 11 is 0. The molecule has 1 fully saturated rings. The minimum absolute atomic E-state index is 0.0162. The van der Waals surface area contributed by atoms with Gasteiger partial charge >= 0.3 is 0 Å². The van der Waals surface area contributed by atoms with Crippen LogP contribution in [0.4, 0.5) is 0 Å². The zero-order valence-corrected chi connectivity index (χ0v) is 17.5. The van der Waals surface area contributed by atoms with E-state index in [2.05, 4.69) is 0 Å². The second-order valence-corrected chi connectivity index (χ2v) is 7.97. The van der Waals surface area contributed by atoms with Crippen molar-refractivity contribution in [3.63, 3.8) is 0 Å². The molecule has 1 saturated heterocycles. The van der Waals surface area contributed by atoms with Crippen molar-refractivity contribution in [2.24, 2.45) is 0 Å². The predicted molar refractivity (Wildman–Crippen MR) is 121 cm³/mol. The van der Waals surface area contributed by atoms with E-state index in [1.54, 1.807) is 15.3 Å². The average Bonchev–Trinajstić information content (AvgIpc) is 3.45. The van der Waals surface area contributed by atoms with Gasteiger partial charge in [-0.3, -0.25) is 14.2 Å². The fraction of sp³-hybridized carbons (Fsp3) is 0.240. The van der Waals surface area contributed by atoms with E-state index in [9.17, 15) is 9.59 Å². The highest BCUT2D eigenvalue weighted by Crippen LogP contribution is 2.31. The van der Waals surface area contributed by atoms with Crippen LogP contribution in [0.25, 0.3) is 27.8 Å². The first kappa shape index (κ1) is 19.3. The van der Waals surface area contributed by atoms with E-state index in [0.29, 0.717) is 5.65 Å². The molecule has 2 aromatic heterocycles. The smallest absolute Gasteiger partial charge is 0.253 e. The summed E-state index contributed by atoms with van der Waals surface area (Å²) in [7, 11) is 0. The second-order valence-electron chi connectivity index (χ2n) is 7.97. The van der Waals surface area contributed by atoms with Gasteiger partial charge in [-0.25, -0.2) is 4.68 Å². The lowest BCUT2D eigenvalue weighted by molar-refractivity contribution is -0.130. The summed E-state index contributed by atoms with van der Waals surface area (Å²) in [5, 5.41) is 5.68. The molecule has 156 valence electrons. The van der Waals surface area contributed by atoms with Gasteiger partial charge in [-0.05, 0) is 43.0 Å². The Bertz CT molecular complexity index is 1300. The second kappa shape index (κ2) is 7.87. The highest BCUT2D eigenvalue weighted by molar-refractivity contribution is 5.96. The minimum atomic E-state index is -0.198. The third kappa shape index (κ3) is 3.44. The van der Waals surface area contributed by atoms with Gasteiger partial charge in [0.25, 0.3) is 5.56 Å². The van der Waals surface area contributed by atoms with Crippen LogP contribution in [-0.2, 0) is 11.3 Å². The first-order chi connectivity index (χ1) is 15.1. The first-order valence-electron chi connectivity index (χ1n) is 10.7. The van der Waals surface area contributed by atoms with Crippen molar-refractivity contribution < 1.29 is 4.79 Å². The Morgan fingerprint density at radius 1 is 0.968 bits per heavy atom. The van der Waals surface area contributed by atoms with Crippen molar-refractivity contribution in [2.75, 3.05) is 13.1 Å². The summed E-state index contributed by atoms with van der Waals surface area (Å²) < 4.78 is 3.37. The number of hydrogen-bond acceptors (Lipinski definition) is 3. The fourth-order valence-electron chi connectivity index (χ4n) is 4.41. The number of fused-ring (bicyclic) bond motifs is 1. The van der Waals surface area contributed by atoms with Crippen LogP contribution in [0.1, 0.15) is 18.5 Å². The Morgan fingerprint density at radius 2 is 1.61 bits per heavy atom. The third-order valence-corrected chi connectivity index (χ3v) is 5.93. The van der Waals surface area contributed by atoms with Gasteiger partial charge in [0.15, 0.2) is 0 Å². The Hall–Kier alpha value is -3.67. The van der Waals surface area contributed by atoms with Crippen LogP contribution < -0.4 is 5.56 Å². The monoisotopic (exact) mass is 412 g/mol. The maximum absolute atomic E-state index is 13.3. The number of carbonyl (C=O) groups excluding carboxylic acids is 1. The first-order valence-corrected chi connectivity index (χ1v) is 10.7. The summed E-state index contributed by atoms with van der Waals surface area (Å²) in [6.07, 6.45) is 2.04. The van der Waals surface area contributed by atoms with Gasteiger partial charge in [-0.15, -0.1) is 0 Å². The Labute approximate surface area is 180 Å². The predicted octanol–water partition coefficient (Wildman–Crippen LogP) is 3.79. The van der Waals surface area contributed by atoms with Gasteiger partial charge in [-0.2, -0.15) is 5.10 Å². The molecule has 0 saturated carbocycles. The van der Waals surface area contributed by atoms with Crippen LogP contribution in [0, 0.1) is 6.92 Å². The van der Waals surface area contributed by atoms with Gasteiger partial charge in [0.2, 0.25) is 5.91 Å². The molecule has 1 aliphatic rings. The number of pyridine rings is 1. The number of likely N-dealkylation sites (tertiary alicyclic amines) is 1. The summed E-state index contributed by atoms with van der Waals surface area (Å²) in [6, 6.07) is 21.2. The largest absolute Gasteiger partial charge is 0.341 e. The molecule has 5 rings (SSSR count). The number of benzene rings is 2. The molecule has 1 amide bonds. The molecule has 0 spiro atoms. The van der Waals surface area contributed by atoms with Crippen LogP contribution in [-0.4, -0.2) is 38.2 Å². The van der Waals surface area contributed by atoms with E-state index < -0.39 is 0 Å².